The monoisotopic (exact) mass is 298 g/mol. The highest BCUT2D eigenvalue weighted by Gasteiger charge is 2.26. The fourth-order valence-corrected chi connectivity index (χ4v) is 1.77. The maximum atomic E-state index is 11.7. The lowest BCUT2D eigenvalue weighted by molar-refractivity contribution is -0.127. The van der Waals surface area contributed by atoms with Crippen molar-refractivity contribution in [3.8, 4) is 5.75 Å². The summed E-state index contributed by atoms with van der Waals surface area (Å²) in [5, 5.41) is 2.90. The summed E-state index contributed by atoms with van der Waals surface area (Å²) in [4.78, 5) is 11.7. The second-order valence-corrected chi connectivity index (χ2v) is 5.00. The maximum Gasteiger partial charge on any atom is 0.260 e. The molecule has 0 aromatic heterocycles. The first kappa shape index (κ1) is 12.2. The van der Waals surface area contributed by atoms with Crippen LogP contribution in [-0.2, 0) is 4.79 Å². The van der Waals surface area contributed by atoms with E-state index in [0.29, 0.717) is 22.0 Å². The molecular weight excluding hydrogens is 284 g/mol. The van der Waals surface area contributed by atoms with Gasteiger partial charge >= 0.3 is 0 Å². The van der Waals surface area contributed by atoms with E-state index < -0.39 is 6.10 Å². The first-order chi connectivity index (χ1) is 8.08. The van der Waals surface area contributed by atoms with Gasteiger partial charge in [0.1, 0.15) is 5.75 Å². The van der Waals surface area contributed by atoms with Gasteiger partial charge in [-0.3, -0.25) is 4.79 Å². The molecule has 1 unspecified atom stereocenters. The zero-order chi connectivity index (χ0) is 12.4. The standard InChI is InChI=1S/C12H15BrN2O2/c1-7(12(16)15-8-5-6-8)17-10-4-2-3-9(14)11(10)13/h2-4,7-8H,5-6,14H2,1H3,(H,15,16). The molecule has 0 heterocycles. The molecule has 0 saturated heterocycles. The van der Waals surface area contributed by atoms with Crippen LogP contribution in [-0.4, -0.2) is 18.1 Å². The van der Waals surface area contributed by atoms with E-state index in [1.54, 1.807) is 25.1 Å². The zero-order valence-corrected chi connectivity index (χ0v) is 11.2. The number of amides is 1. The molecular formula is C12H15BrN2O2. The highest BCUT2D eigenvalue weighted by molar-refractivity contribution is 9.10. The maximum absolute atomic E-state index is 11.7. The van der Waals surface area contributed by atoms with Crippen molar-refractivity contribution in [2.75, 3.05) is 5.73 Å². The minimum absolute atomic E-state index is 0.0816. The number of benzene rings is 1. The number of nitrogens with one attached hydrogen (secondary N) is 1. The molecule has 0 spiro atoms. The van der Waals surface area contributed by atoms with Gasteiger partial charge in [0.2, 0.25) is 0 Å². The second kappa shape index (κ2) is 4.96. The fourth-order valence-electron chi connectivity index (χ4n) is 1.41. The molecule has 1 aromatic carbocycles. The van der Waals surface area contributed by atoms with E-state index in [1.165, 1.54) is 0 Å². The summed E-state index contributed by atoms with van der Waals surface area (Å²) < 4.78 is 6.26. The Hall–Kier alpha value is -1.23. The zero-order valence-electron chi connectivity index (χ0n) is 9.57. The lowest BCUT2D eigenvalue weighted by atomic mass is 10.3. The van der Waals surface area contributed by atoms with Gasteiger partial charge in [0.25, 0.3) is 5.91 Å². The molecule has 1 aliphatic carbocycles. The molecule has 1 amide bonds. The first-order valence-electron chi connectivity index (χ1n) is 5.59. The van der Waals surface area contributed by atoms with Crippen LogP contribution in [0.1, 0.15) is 19.8 Å². The van der Waals surface area contributed by atoms with Crippen LogP contribution in [0.4, 0.5) is 5.69 Å². The molecule has 1 aromatic rings. The Morgan fingerprint density at radius 1 is 1.59 bits per heavy atom. The quantitative estimate of drug-likeness (QED) is 0.837. The summed E-state index contributed by atoms with van der Waals surface area (Å²) in [6.07, 6.45) is 1.62. The number of carbonyl (C=O) groups excluding carboxylic acids is 1. The van der Waals surface area contributed by atoms with Gasteiger partial charge in [0.05, 0.1) is 4.47 Å². The molecule has 0 aliphatic heterocycles. The summed E-state index contributed by atoms with van der Waals surface area (Å²) in [6.45, 7) is 1.73. The van der Waals surface area contributed by atoms with Crippen molar-refractivity contribution in [3.63, 3.8) is 0 Å². The number of ether oxygens (including phenoxy) is 1. The van der Waals surface area contributed by atoms with Gasteiger partial charge in [-0.2, -0.15) is 0 Å². The van der Waals surface area contributed by atoms with Crippen LogP contribution >= 0.6 is 15.9 Å². The summed E-state index contributed by atoms with van der Waals surface area (Å²) in [5.74, 6) is 0.505. The number of hydrogen-bond acceptors (Lipinski definition) is 3. The number of hydrogen-bond donors (Lipinski definition) is 2. The molecule has 2 rings (SSSR count). The predicted octanol–water partition coefficient (Wildman–Crippen LogP) is 2.08. The summed E-state index contributed by atoms with van der Waals surface area (Å²) in [6, 6.07) is 5.69. The van der Waals surface area contributed by atoms with Crippen molar-refractivity contribution >= 4 is 27.5 Å². The van der Waals surface area contributed by atoms with Crippen molar-refractivity contribution in [2.45, 2.75) is 31.9 Å². The van der Waals surface area contributed by atoms with E-state index in [4.69, 9.17) is 10.5 Å². The number of carbonyl (C=O) groups is 1. The Kier molecular flexibility index (Phi) is 3.57. The third-order valence-electron chi connectivity index (χ3n) is 2.59. The molecule has 0 bridgehead atoms. The van der Waals surface area contributed by atoms with Gasteiger partial charge in [-0.25, -0.2) is 0 Å². The molecule has 17 heavy (non-hydrogen) atoms. The van der Waals surface area contributed by atoms with Gasteiger partial charge in [-0.05, 0) is 47.8 Å². The van der Waals surface area contributed by atoms with Crippen LogP contribution in [0.15, 0.2) is 22.7 Å². The van der Waals surface area contributed by atoms with Gasteiger partial charge in [0.15, 0.2) is 6.10 Å². The van der Waals surface area contributed by atoms with Crippen molar-refractivity contribution in [3.05, 3.63) is 22.7 Å². The minimum Gasteiger partial charge on any atom is -0.480 e. The molecule has 1 fully saturated rings. The second-order valence-electron chi connectivity index (χ2n) is 4.20. The topological polar surface area (TPSA) is 64.3 Å². The van der Waals surface area contributed by atoms with E-state index in [9.17, 15) is 4.79 Å². The number of anilines is 1. The molecule has 4 nitrogen and oxygen atoms in total. The predicted molar refractivity (Wildman–Crippen MR) is 69.8 cm³/mol. The fraction of sp³-hybridized carbons (Fsp3) is 0.417. The number of nitrogen functional groups attached to an aromatic ring is 1. The molecule has 1 atom stereocenters. The summed E-state index contributed by atoms with van der Waals surface area (Å²) in [5.41, 5.74) is 6.33. The van der Waals surface area contributed by atoms with Crippen LogP contribution in [0.25, 0.3) is 0 Å². The SMILES string of the molecule is CC(Oc1cccc(N)c1Br)C(=O)NC1CC1. The van der Waals surface area contributed by atoms with E-state index >= 15 is 0 Å². The van der Waals surface area contributed by atoms with Crippen molar-refractivity contribution in [1.82, 2.24) is 5.32 Å². The van der Waals surface area contributed by atoms with Crippen LogP contribution in [0.3, 0.4) is 0 Å². The average molecular weight is 299 g/mol. The Balaban J connectivity index is 1.99. The van der Waals surface area contributed by atoms with Gasteiger partial charge in [-0.15, -0.1) is 0 Å². The van der Waals surface area contributed by atoms with Crippen molar-refractivity contribution in [1.29, 1.82) is 0 Å². The van der Waals surface area contributed by atoms with E-state index in [0.717, 1.165) is 12.8 Å². The van der Waals surface area contributed by atoms with E-state index in [-0.39, 0.29) is 5.91 Å². The van der Waals surface area contributed by atoms with E-state index in [2.05, 4.69) is 21.2 Å². The molecule has 0 radical (unpaired) electrons. The van der Waals surface area contributed by atoms with Crippen LogP contribution in [0, 0.1) is 0 Å². The van der Waals surface area contributed by atoms with Crippen molar-refractivity contribution < 1.29 is 9.53 Å². The van der Waals surface area contributed by atoms with Crippen LogP contribution in [0.5, 0.6) is 5.75 Å². The largest absolute Gasteiger partial charge is 0.480 e. The molecule has 1 aliphatic rings. The first-order valence-corrected chi connectivity index (χ1v) is 6.38. The normalized spacial score (nSPS) is 16.4. The Bertz CT molecular complexity index is 433. The smallest absolute Gasteiger partial charge is 0.260 e. The van der Waals surface area contributed by atoms with E-state index in [1.807, 2.05) is 0 Å². The third-order valence-corrected chi connectivity index (χ3v) is 3.44. The van der Waals surface area contributed by atoms with Crippen molar-refractivity contribution in [2.24, 2.45) is 0 Å². The van der Waals surface area contributed by atoms with Crippen LogP contribution < -0.4 is 15.8 Å². The van der Waals surface area contributed by atoms with Gasteiger partial charge in [0, 0.05) is 11.7 Å². The lowest BCUT2D eigenvalue weighted by Crippen LogP contribution is -2.37. The molecule has 3 N–H and O–H groups in total. The summed E-state index contributed by atoms with van der Waals surface area (Å²) >= 11 is 3.34. The number of halogens is 1. The molecule has 92 valence electrons. The molecule has 1 saturated carbocycles. The third kappa shape index (κ3) is 3.12. The van der Waals surface area contributed by atoms with Crippen LogP contribution in [0.2, 0.25) is 0 Å². The Morgan fingerprint density at radius 3 is 2.94 bits per heavy atom. The Morgan fingerprint density at radius 2 is 2.29 bits per heavy atom. The number of nitrogens with two attached hydrogens (primary N) is 1. The highest BCUT2D eigenvalue weighted by atomic mass is 79.9. The summed E-state index contributed by atoms with van der Waals surface area (Å²) in [7, 11) is 0. The van der Waals surface area contributed by atoms with Gasteiger partial charge in [-0.1, -0.05) is 6.07 Å². The van der Waals surface area contributed by atoms with Gasteiger partial charge < -0.3 is 15.8 Å². The minimum atomic E-state index is -0.520. The molecule has 5 heteroatoms. The number of rotatable bonds is 4. The lowest BCUT2D eigenvalue weighted by Gasteiger charge is -2.16. The highest BCUT2D eigenvalue weighted by Crippen LogP contribution is 2.31. The average Bonchev–Trinajstić information content (AvgIpc) is 3.08. The Labute approximate surface area is 109 Å².